The van der Waals surface area contributed by atoms with E-state index in [-0.39, 0.29) is 34.9 Å². The highest BCUT2D eigenvalue weighted by Crippen LogP contribution is 2.30. The quantitative estimate of drug-likeness (QED) is 0.351. The molecule has 2 aromatic heterocycles. The number of nitrogens with one attached hydrogen (secondary N) is 1. The lowest BCUT2D eigenvalue weighted by molar-refractivity contribution is -0.119. The van der Waals surface area contributed by atoms with Gasteiger partial charge in [-0.25, -0.2) is 14.6 Å². The number of benzene rings is 1. The first-order valence-electron chi connectivity index (χ1n) is 10.3. The van der Waals surface area contributed by atoms with Gasteiger partial charge in [-0.3, -0.25) is 14.9 Å². The first kappa shape index (κ1) is 24.7. The van der Waals surface area contributed by atoms with Crippen molar-refractivity contribution in [2.45, 2.75) is 30.7 Å². The number of nitrogens with zero attached hydrogens (tertiary/aromatic N) is 1. The number of anilines is 1. The lowest BCUT2D eigenvalue weighted by Crippen LogP contribution is -2.22. The number of carbonyl (C=O) groups excluding carboxylic acids is 4. The molecule has 0 aliphatic carbocycles. The van der Waals surface area contributed by atoms with E-state index in [4.69, 9.17) is 13.9 Å². The van der Waals surface area contributed by atoms with Crippen LogP contribution < -0.4 is 5.32 Å². The Morgan fingerprint density at radius 1 is 1.00 bits per heavy atom. The lowest BCUT2D eigenvalue weighted by atomic mass is 10.1. The van der Waals surface area contributed by atoms with Crippen LogP contribution in [0.2, 0.25) is 0 Å². The van der Waals surface area contributed by atoms with E-state index >= 15 is 0 Å². The Morgan fingerprint density at radius 3 is 2.41 bits per heavy atom. The maximum absolute atomic E-state index is 12.6. The van der Waals surface area contributed by atoms with E-state index in [1.54, 1.807) is 25.3 Å². The molecule has 1 amide bonds. The highest BCUT2D eigenvalue weighted by atomic mass is 32.2. The maximum atomic E-state index is 12.6. The van der Waals surface area contributed by atoms with Crippen molar-refractivity contribution >= 4 is 41.3 Å². The van der Waals surface area contributed by atoms with Crippen molar-refractivity contribution < 1.29 is 33.1 Å². The predicted octanol–water partition coefficient (Wildman–Crippen LogP) is 4.31. The van der Waals surface area contributed by atoms with Gasteiger partial charge in [0.1, 0.15) is 16.3 Å². The summed E-state index contributed by atoms with van der Waals surface area (Å²) in [5.41, 5.74) is 0.0353. The van der Waals surface area contributed by atoms with E-state index < -0.39 is 30.2 Å². The van der Waals surface area contributed by atoms with E-state index in [0.29, 0.717) is 5.03 Å². The molecule has 0 aliphatic heterocycles. The molecule has 176 valence electrons. The summed E-state index contributed by atoms with van der Waals surface area (Å²) in [6.45, 7) is 3.79. The maximum Gasteiger partial charge on any atom is 0.344 e. The molecule has 3 rings (SSSR count). The molecule has 34 heavy (non-hydrogen) atoms. The standard InChI is InChI=1S/C24H22N2O7S/c1-4-31-24(30)20-19(14(2)27)15(3)33-21(20)26-18(28)13-32-23(29)17-11-8-12-25-22(17)34-16-9-6-5-7-10-16/h5-12H,4,13H2,1-3H3,(H,26,28). The highest BCUT2D eigenvalue weighted by Gasteiger charge is 2.29. The summed E-state index contributed by atoms with van der Waals surface area (Å²) >= 11 is 1.29. The first-order chi connectivity index (χ1) is 16.3. The zero-order valence-corrected chi connectivity index (χ0v) is 19.6. The first-order valence-corrected chi connectivity index (χ1v) is 11.1. The average Bonchev–Trinajstić information content (AvgIpc) is 3.14. The van der Waals surface area contributed by atoms with Crippen LogP contribution in [0.15, 0.2) is 63.0 Å². The Hall–Kier alpha value is -3.92. The number of amides is 1. The van der Waals surface area contributed by atoms with Crippen molar-refractivity contribution in [1.29, 1.82) is 0 Å². The number of aryl methyl sites for hydroxylation is 1. The Morgan fingerprint density at radius 2 is 1.74 bits per heavy atom. The number of aromatic nitrogens is 1. The SMILES string of the molecule is CCOC(=O)c1c(NC(=O)COC(=O)c2cccnc2Sc2ccccc2)oc(C)c1C(C)=O. The topological polar surface area (TPSA) is 125 Å². The smallest absolute Gasteiger partial charge is 0.344 e. The van der Waals surface area contributed by atoms with Gasteiger partial charge < -0.3 is 13.9 Å². The predicted molar refractivity (Wildman–Crippen MR) is 123 cm³/mol. The van der Waals surface area contributed by atoms with Gasteiger partial charge in [-0.15, -0.1) is 0 Å². The molecule has 0 bridgehead atoms. The highest BCUT2D eigenvalue weighted by molar-refractivity contribution is 7.99. The van der Waals surface area contributed by atoms with Gasteiger partial charge in [-0.2, -0.15) is 0 Å². The van der Waals surface area contributed by atoms with Crippen molar-refractivity contribution in [2.24, 2.45) is 0 Å². The summed E-state index contributed by atoms with van der Waals surface area (Å²) in [5.74, 6) is -2.83. The number of ether oxygens (including phenoxy) is 2. The van der Waals surface area contributed by atoms with Gasteiger partial charge in [0, 0.05) is 11.1 Å². The van der Waals surface area contributed by atoms with Crippen LogP contribution in [0.1, 0.15) is 50.7 Å². The zero-order valence-electron chi connectivity index (χ0n) is 18.7. The van der Waals surface area contributed by atoms with Crippen molar-refractivity contribution in [3.8, 4) is 0 Å². The number of hydrogen-bond donors (Lipinski definition) is 1. The van der Waals surface area contributed by atoms with Gasteiger partial charge in [0.15, 0.2) is 12.4 Å². The van der Waals surface area contributed by atoms with E-state index in [1.165, 1.54) is 25.6 Å². The Balaban J connectivity index is 1.71. The molecule has 10 heteroatoms. The third-order valence-corrected chi connectivity index (χ3v) is 5.48. The summed E-state index contributed by atoms with van der Waals surface area (Å²) in [7, 11) is 0. The van der Waals surface area contributed by atoms with Crippen molar-refractivity contribution in [3.05, 3.63) is 71.1 Å². The number of hydrogen-bond acceptors (Lipinski definition) is 9. The minimum absolute atomic E-state index is 0.0173. The minimum Gasteiger partial charge on any atom is -0.462 e. The molecule has 1 aromatic carbocycles. The number of ketones is 1. The number of carbonyl (C=O) groups is 4. The second-order valence-electron chi connectivity index (χ2n) is 6.91. The Bertz CT molecular complexity index is 1220. The van der Waals surface area contributed by atoms with Gasteiger partial charge in [-0.05, 0) is 45.0 Å². The molecule has 3 aromatic rings. The van der Waals surface area contributed by atoms with Crippen LogP contribution >= 0.6 is 11.8 Å². The summed E-state index contributed by atoms with van der Waals surface area (Å²) in [6.07, 6.45) is 1.55. The summed E-state index contributed by atoms with van der Waals surface area (Å²) < 4.78 is 15.5. The van der Waals surface area contributed by atoms with Gasteiger partial charge >= 0.3 is 11.9 Å². The van der Waals surface area contributed by atoms with Crippen LogP contribution in [0.3, 0.4) is 0 Å². The lowest BCUT2D eigenvalue weighted by Gasteiger charge is -2.09. The minimum atomic E-state index is -0.810. The van der Waals surface area contributed by atoms with Gasteiger partial charge in [0.25, 0.3) is 5.91 Å². The van der Waals surface area contributed by atoms with Crippen LogP contribution in [-0.4, -0.2) is 41.8 Å². The monoisotopic (exact) mass is 482 g/mol. The number of Topliss-reactive ketones (excluding diaryl/α,β-unsaturated/α-hetero) is 1. The van der Waals surface area contributed by atoms with Crippen molar-refractivity contribution in [1.82, 2.24) is 4.98 Å². The Labute approximate surface area is 199 Å². The zero-order chi connectivity index (χ0) is 24.7. The third-order valence-electron chi connectivity index (χ3n) is 4.45. The largest absolute Gasteiger partial charge is 0.462 e. The second kappa shape index (κ2) is 11.3. The van der Waals surface area contributed by atoms with Crippen LogP contribution in [0.4, 0.5) is 5.88 Å². The number of esters is 2. The summed E-state index contributed by atoms with van der Waals surface area (Å²) in [4.78, 5) is 54.5. The number of furan rings is 1. The molecule has 0 atom stereocenters. The second-order valence-corrected chi connectivity index (χ2v) is 7.97. The fraction of sp³-hybridized carbons (Fsp3) is 0.208. The van der Waals surface area contributed by atoms with Gasteiger partial charge in [0.05, 0.1) is 17.7 Å². The molecule has 0 radical (unpaired) electrons. The van der Waals surface area contributed by atoms with E-state index in [1.807, 2.05) is 30.3 Å². The van der Waals surface area contributed by atoms with Crippen LogP contribution in [0.25, 0.3) is 0 Å². The van der Waals surface area contributed by atoms with Crippen molar-refractivity contribution in [3.63, 3.8) is 0 Å². The van der Waals surface area contributed by atoms with E-state index in [0.717, 1.165) is 4.90 Å². The summed E-state index contributed by atoms with van der Waals surface area (Å²) in [5, 5.41) is 2.80. The molecule has 1 N–H and O–H groups in total. The molecule has 0 fully saturated rings. The summed E-state index contributed by atoms with van der Waals surface area (Å²) in [6, 6.07) is 12.5. The molecular formula is C24H22N2O7S. The fourth-order valence-electron chi connectivity index (χ4n) is 3.05. The molecule has 2 heterocycles. The molecule has 0 saturated carbocycles. The number of pyridine rings is 1. The van der Waals surface area contributed by atoms with Gasteiger partial charge in [-0.1, -0.05) is 30.0 Å². The molecule has 9 nitrogen and oxygen atoms in total. The van der Waals surface area contributed by atoms with Crippen LogP contribution in [-0.2, 0) is 14.3 Å². The van der Waals surface area contributed by atoms with Gasteiger partial charge in [0.2, 0.25) is 5.88 Å². The average molecular weight is 483 g/mol. The molecule has 0 aliphatic rings. The fourth-order valence-corrected chi connectivity index (χ4v) is 3.95. The number of rotatable bonds is 9. The normalized spacial score (nSPS) is 10.4. The molecule has 0 saturated heterocycles. The van der Waals surface area contributed by atoms with Crippen LogP contribution in [0.5, 0.6) is 0 Å². The van der Waals surface area contributed by atoms with Crippen LogP contribution in [0, 0.1) is 6.92 Å². The Kier molecular flexibility index (Phi) is 8.20. The van der Waals surface area contributed by atoms with E-state index in [9.17, 15) is 19.2 Å². The van der Waals surface area contributed by atoms with E-state index in [2.05, 4.69) is 10.3 Å². The molecular weight excluding hydrogens is 460 g/mol. The molecule has 0 unspecified atom stereocenters. The van der Waals surface area contributed by atoms with Crippen molar-refractivity contribution in [2.75, 3.05) is 18.5 Å². The molecule has 0 spiro atoms. The third kappa shape index (κ3) is 5.90.